The molecule has 0 saturated heterocycles. The summed E-state index contributed by atoms with van der Waals surface area (Å²) in [7, 11) is 3.94. The van der Waals surface area contributed by atoms with Crippen molar-refractivity contribution in [2.45, 2.75) is 46.7 Å². The first kappa shape index (κ1) is 15.9. The van der Waals surface area contributed by atoms with Gasteiger partial charge in [-0.3, -0.25) is 4.90 Å². The van der Waals surface area contributed by atoms with Crippen LogP contribution in [0.2, 0.25) is 0 Å². The summed E-state index contributed by atoms with van der Waals surface area (Å²) in [5, 5.41) is 3.41. The van der Waals surface area contributed by atoms with E-state index in [9.17, 15) is 0 Å². The van der Waals surface area contributed by atoms with E-state index < -0.39 is 0 Å². The van der Waals surface area contributed by atoms with Crippen LogP contribution in [0, 0.1) is 5.41 Å². The minimum atomic E-state index is 0.329. The number of hydrogen-bond donors (Lipinski definition) is 1. The van der Waals surface area contributed by atoms with Gasteiger partial charge in [0.05, 0.1) is 6.61 Å². The third-order valence-electron chi connectivity index (χ3n) is 3.48. The monoisotopic (exact) mass is 230 g/mol. The Balaban J connectivity index is 3.93. The molecule has 0 bridgehead atoms. The van der Waals surface area contributed by atoms with E-state index in [-0.39, 0.29) is 0 Å². The Hall–Kier alpha value is -0.120. The summed E-state index contributed by atoms with van der Waals surface area (Å²) in [5.41, 5.74) is 0.329. The van der Waals surface area contributed by atoms with Crippen LogP contribution in [0.1, 0.15) is 34.6 Å². The Morgan fingerprint density at radius 3 is 2.25 bits per heavy atom. The van der Waals surface area contributed by atoms with Gasteiger partial charge in [0.15, 0.2) is 0 Å². The molecule has 2 atom stereocenters. The van der Waals surface area contributed by atoms with Crippen LogP contribution in [-0.2, 0) is 4.74 Å². The lowest BCUT2D eigenvalue weighted by atomic mass is 9.86. The van der Waals surface area contributed by atoms with E-state index in [4.69, 9.17) is 4.74 Å². The molecule has 3 heteroatoms. The second kappa shape index (κ2) is 7.25. The van der Waals surface area contributed by atoms with E-state index in [1.54, 1.807) is 7.11 Å². The molecule has 0 amide bonds. The van der Waals surface area contributed by atoms with Gasteiger partial charge in [-0.1, -0.05) is 20.8 Å². The van der Waals surface area contributed by atoms with Crippen molar-refractivity contribution in [3.63, 3.8) is 0 Å². The molecule has 0 aromatic carbocycles. The summed E-state index contributed by atoms with van der Waals surface area (Å²) in [6.07, 6.45) is 0. The van der Waals surface area contributed by atoms with Crippen LogP contribution in [0.4, 0.5) is 0 Å². The van der Waals surface area contributed by atoms with Crippen LogP contribution in [0.3, 0.4) is 0 Å². The van der Waals surface area contributed by atoms with Crippen molar-refractivity contribution < 1.29 is 4.74 Å². The highest BCUT2D eigenvalue weighted by molar-refractivity contribution is 4.81. The molecule has 0 aliphatic rings. The molecule has 0 spiro atoms. The van der Waals surface area contributed by atoms with Gasteiger partial charge in [-0.25, -0.2) is 0 Å². The second-order valence-corrected chi connectivity index (χ2v) is 5.75. The zero-order valence-corrected chi connectivity index (χ0v) is 12.1. The van der Waals surface area contributed by atoms with E-state index in [0.29, 0.717) is 17.5 Å². The maximum atomic E-state index is 5.01. The molecule has 0 fully saturated rings. The predicted octanol–water partition coefficient (Wildman–Crippen LogP) is 1.98. The van der Waals surface area contributed by atoms with Crippen molar-refractivity contribution in [1.29, 1.82) is 0 Å². The maximum Gasteiger partial charge on any atom is 0.0587 e. The third kappa shape index (κ3) is 5.83. The first-order valence-corrected chi connectivity index (χ1v) is 6.22. The highest BCUT2D eigenvalue weighted by Gasteiger charge is 2.26. The Labute approximate surface area is 102 Å². The molecule has 0 aromatic heterocycles. The molecule has 2 unspecified atom stereocenters. The van der Waals surface area contributed by atoms with E-state index in [2.05, 4.69) is 51.9 Å². The molecule has 0 aliphatic carbocycles. The number of hydrogen-bond acceptors (Lipinski definition) is 3. The number of ether oxygens (including phenoxy) is 1. The first-order chi connectivity index (χ1) is 7.30. The molecule has 0 aliphatic heterocycles. The molecule has 16 heavy (non-hydrogen) atoms. The standard InChI is InChI=1S/C13H30N2O/c1-11(10-14-8-9-16-7)15(6)12(2)13(3,4)5/h11-12,14H,8-10H2,1-7H3. The molecule has 98 valence electrons. The molecule has 0 rings (SSSR count). The first-order valence-electron chi connectivity index (χ1n) is 6.22. The van der Waals surface area contributed by atoms with Gasteiger partial charge in [0.1, 0.15) is 0 Å². The van der Waals surface area contributed by atoms with Crippen molar-refractivity contribution in [2.24, 2.45) is 5.41 Å². The zero-order valence-electron chi connectivity index (χ0n) is 12.1. The van der Waals surface area contributed by atoms with E-state index >= 15 is 0 Å². The number of likely N-dealkylation sites (N-methyl/N-ethyl adjacent to an activating group) is 1. The van der Waals surface area contributed by atoms with Gasteiger partial charge in [-0.2, -0.15) is 0 Å². The molecule has 0 aromatic rings. The van der Waals surface area contributed by atoms with Crippen molar-refractivity contribution >= 4 is 0 Å². The molecule has 0 saturated carbocycles. The lowest BCUT2D eigenvalue weighted by Gasteiger charge is -2.39. The Kier molecular flexibility index (Phi) is 7.20. The van der Waals surface area contributed by atoms with Crippen molar-refractivity contribution in [3.8, 4) is 0 Å². The lowest BCUT2D eigenvalue weighted by molar-refractivity contribution is 0.102. The summed E-state index contributed by atoms with van der Waals surface area (Å²) >= 11 is 0. The average molecular weight is 230 g/mol. The Bertz CT molecular complexity index is 177. The summed E-state index contributed by atoms with van der Waals surface area (Å²) in [6, 6.07) is 1.12. The minimum Gasteiger partial charge on any atom is -0.383 e. The van der Waals surface area contributed by atoms with Crippen LogP contribution in [0.5, 0.6) is 0 Å². The number of nitrogens with zero attached hydrogens (tertiary/aromatic N) is 1. The molecule has 1 N–H and O–H groups in total. The third-order valence-corrected chi connectivity index (χ3v) is 3.48. The van der Waals surface area contributed by atoms with Crippen LogP contribution in [-0.4, -0.2) is 50.8 Å². The highest BCUT2D eigenvalue weighted by atomic mass is 16.5. The van der Waals surface area contributed by atoms with E-state index in [1.807, 2.05) is 0 Å². The number of methoxy groups -OCH3 is 1. The fourth-order valence-corrected chi connectivity index (χ4v) is 1.62. The molecule has 0 radical (unpaired) electrons. The van der Waals surface area contributed by atoms with Gasteiger partial charge in [0.25, 0.3) is 0 Å². The van der Waals surface area contributed by atoms with Crippen LogP contribution in [0.15, 0.2) is 0 Å². The normalized spacial score (nSPS) is 16.5. The Morgan fingerprint density at radius 2 is 1.81 bits per heavy atom. The molecular weight excluding hydrogens is 200 g/mol. The fourth-order valence-electron chi connectivity index (χ4n) is 1.62. The second-order valence-electron chi connectivity index (χ2n) is 5.75. The van der Waals surface area contributed by atoms with Gasteiger partial charge in [-0.15, -0.1) is 0 Å². The van der Waals surface area contributed by atoms with E-state index in [0.717, 1.165) is 19.7 Å². The highest BCUT2D eigenvalue weighted by Crippen LogP contribution is 2.24. The molecule has 0 heterocycles. The van der Waals surface area contributed by atoms with Crippen molar-refractivity contribution in [2.75, 3.05) is 33.9 Å². The summed E-state index contributed by atoms with van der Waals surface area (Å²) in [4.78, 5) is 2.44. The average Bonchev–Trinajstić information content (AvgIpc) is 2.20. The van der Waals surface area contributed by atoms with Crippen molar-refractivity contribution in [1.82, 2.24) is 10.2 Å². The smallest absolute Gasteiger partial charge is 0.0587 e. The summed E-state index contributed by atoms with van der Waals surface area (Å²) < 4.78 is 5.01. The van der Waals surface area contributed by atoms with E-state index in [1.165, 1.54) is 0 Å². The zero-order chi connectivity index (χ0) is 12.8. The van der Waals surface area contributed by atoms with Gasteiger partial charge in [0.2, 0.25) is 0 Å². The van der Waals surface area contributed by atoms with Crippen LogP contribution >= 0.6 is 0 Å². The van der Waals surface area contributed by atoms with Crippen LogP contribution < -0.4 is 5.32 Å². The van der Waals surface area contributed by atoms with Gasteiger partial charge < -0.3 is 10.1 Å². The van der Waals surface area contributed by atoms with Gasteiger partial charge in [0, 0.05) is 32.3 Å². The minimum absolute atomic E-state index is 0.329. The Morgan fingerprint density at radius 1 is 1.25 bits per heavy atom. The van der Waals surface area contributed by atoms with Gasteiger partial charge in [-0.05, 0) is 26.3 Å². The molecular formula is C13H30N2O. The largest absolute Gasteiger partial charge is 0.383 e. The maximum absolute atomic E-state index is 5.01. The van der Waals surface area contributed by atoms with Gasteiger partial charge >= 0.3 is 0 Å². The predicted molar refractivity (Wildman–Crippen MR) is 70.9 cm³/mol. The van der Waals surface area contributed by atoms with Crippen LogP contribution in [0.25, 0.3) is 0 Å². The quantitative estimate of drug-likeness (QED) is 0.677. The fraction of sp³-hybridized carbons (Fsp3) is 1.00. The topological polar surface area (TPSA) is 24.5 Å². The lowest BCUT2D eigenvalue weighted by Crippen LogP contribution is -2.48. The van der Waals surface area contributed by atoms with Crippen molar-refractivity contribution in [3.05, 3.63) is 0 Å². The molecule has 3 nitrogen and oxygen atoms in total. The number of nitrogens with one attached hydrogen (secondary N) is 1. The summed E-state index contributed by atoms with van der Waals surface area (Å²) in [6.45, 7) is 14.2. The number of rotatable bonds is 7. The SMILES string of the molecule is COCCNCC(C)N(C)C(C)C(C)(C)C. The summed E-state index contributed by atoms with van der Waals surface area (Å²) in [5.74, 6) is 0.